The first-order valence-electron chi connectivity index (χ1n) is 7.21. The number of aliphatic imine (C=N–C) groups is 1. The maximum absolute atomic E-state index is 5.34. The van der Waals surface area contributed by atoms with Crippen LogP contribution in [0.25, 0.3) is 0 Å². The van der Waals surface area contributed by atoms with E-state index in [0.29, 0.717) is 6.04 Å². The van der Waals surface area contributed by atoms with Gasteiger partial charge >= 0.3 is 0 Å². The minimum atomic E-state index is 0. The van der Waals surface area contributed by atoms with Gasteiger partial charge in [0.25, 0.3) is 0 Å². The minimum Gasteiger partial charge on any atom is -0.496 e. The lowest BCUT2D eigenvalue weighted by Crippen LogP contribution is -2.42. The smallest absolute Gasteiger partial charge is 0.191 e. The maximum Gasteiger partial charge on any atom is 0.191 e. The van der Waals surface area contributed by atoms with Crippen molar-refractivity contribution in [1.82, 2.24) is 10.6 Å². The molecule has 1 aromatic carbocycles. The Kier molecular flexibility index (Phi) is 10.2. The van der Waals surface area contributed by atoms with Crippen molar-refractivity contribution < 1.29 is 4.74 Å². The second-order valence-electron chi connectivity index (χ2n) is 5.01. The van der Waals surface area contributed by atoms with E-state index in [9.17, 15) is 0 Å². The minimum absolute atomic E-state index is 0. The molecule has 0 aliphatic heterocycles. The largest absolute Gasteiger partial charge is 0.496 e. The molecule has 1 atom stereocenters. The van der Waals surface area contributed by atoms with Gasteiger partial charge < -0.3 is 15.4 Å². The number of guanidine groups is 1. The van der Waals surface area contributed by atoms with Gasteiger partial charge in [0.1, 0.15) is 5.75 Å². The third-order valence-electron chi connectivity index (χ3n) is 3.40. The summed E-state index contributed by atoms with van der Waals surface area (Å²) in [5.74, 6) is 1.81. The van der Waals surface area contributed by atoms with Gasteiger partial charge in [0, 0.05) is 19.6 Å². The Morgan fingerprint density at radius 2 is 2.10 bits per heavy atom. The van der Waals surface area contributed by atoms with Crippen molar-refractivity contribution in [3.8, 4) is 5.75 Å². The van der Waals surface area contributed by atoms with Crippen LogP contribution in [-0.4, -0.2) is 32.7 Å². The van der Waals surface area contributed by atoms with Crippen molar-refractivity contribution in [2.45, 2.75) is 39.7 Å². The molecular weight excluding hydrogens is 377 g/mol. The van der Waals surface area contributed by atoms with Crippen molar-refractivity contribution >= 4 is 29.9 Å². The summed E-state index contributed by atoms with van der Waals surface area (Å²) in [7, 11) is 3.51. The number of rotatable bonds is 6. The van der Waals surface area contributed by atoms with E-state index in [2.05, 4.69) is 54.6 Å². The average Bonchev–Trinajstić information content (AvgIpc) is 2.47. The van der Waals surface area contributed by atoms with Crippen molar-refractivity contribution in [3.63, 3.8) is 0 Å². The summed E-state index contributed by atoms with van der Waals surface area (Å²) in [6.45, 7) is 7.21. The first-order chi connectivity index (χ1) is 9.60. The fraction of sp³-hybridized carbons (Fsp3) is 0.562. The van der Waals surface area contributed by atoms with Gasteiger partial charge in [-0.2, -0.15) is 0 Å². The molecule has 0 aliphatic carbocycles. The third-order valence-corrected chi connectivity index (χ3v) is 3.40. The maximum atomic E-state index is 5.34. The van der Waals surface area contributed by atoms with Crippen LogP contribution in [0.4, 0.5) is 0 Å². The van der Waals surface area contributed by atoms with E-state index < -0.39 is 0 Å². The summed E-state index contributed by atoms with van der Waals surface area (Å²) < 4.78 is 5.34. The topological polar surface area (TPSA) is 45.7 Å². The van der Waals surface area contributed by atoms with E-state index in [0.717, 1.165) is 31.1 Å². The number of aryl methyl sites for hydroxylation is 1. The van der Waals surface area contributed by atoms with E-state index in [-0.39, 0.29) is 24.0 Å². The normalized spacial score (nSPS) is 12.3. The number of nitrogens with zero attached hydrogens (tertiary/aromatic N) is 1. The van der Waals surface area contributed by atoms with Gasteiger partial charge in [-0.25, -0.2) is 0 Å². The van der Waals surface area contributed by atoms with Gasteiger partial charge in [0.05, 0.1) is 7.11 Å². The monoisotopic (exact) mass is 405 g/mol. The summed E-state index contributed by atoms with van der Waals surface area (Å²) in [5, 5.41) is 6.68. The number of nitrogens with one attached hydrogen (secondary N) is 2. The molecule has 0 aliphatic rings. The predicted octanol–water partition coefficient (Wildman–Crippen LogP) is 3.13. The van der Waals surface area contributed by atoms with Crippen LogP contribution in [0.3, 0.4) is 0 Å². The van der Waals surface area contributed by atoms with Gasteiger partial charge in [-0.05, 0) is 43.9 Å². The van der Waals surface area contributed by atoms with Gasteiger partial charge in [-0.3, -0.25) is 4.99 Å². The highest BCUT2D eigenvalue weighted by molar-refractivity contribution is 14.0. The molecule has 0 fully saturated rings. The highest BCUT2D eigenvalue weighted by Gasteiger charge is 2.03. The molecule has 0 saturated carbocycles. The molecule has 1 aromatic rings. The lowest BCUT2D eigenvalue weighted by Gasteiger charge is -2.16. The number of benzene rings is 1. The van der Waals surface area contributed by atoms with Gasteiger partial charge in [-0.15, -0.1) is 24.0 Å². The number of ether oxygens (including phenoxy) is 1. The number of hydrogen-bond acceptors (Lipinski definition) is 2. The van der Waals surface area contributed by atoms with E-state index in [1.165, 1.54) is 11.1 Å². The van der Waals surface area contributed by atoms with Crippen LogP contribution in [0.15, 0.2) is 23.2 Å². The molecule has 0 saturated heterocycles. The summed E-state index contributed by atoms with van der Waals surface area (Å²) >= 11 is 0. The van der Waals surface area contributed by atoms with Gasteiger partial charge in [-0.1, -0.05) is 19.1 Å². The first kappa shape index (κ1) is 20.0. The Hall–Kier alpha value is -0.980. The van der Waals surface area contributed by atoms with Crippen LogP contribution in [0.5, 0.6) is 5.75 Å². The number of hydrogen-bond donors (Lipinski definition) is 2. The van der Waals surface area contributed by atoms with Gasteiger partial charge in [0.15, 0.2) is 5.96 Å². The van der Waals surface area contributed by atoms with Crippen molar-refractivity contribution in [2.24, 2.45) is 4.99 Å². The first-order valence-corrected chi connectivity index (χ1v) is 7.21. The average molecular weight is 405 g/mol. The molecule has 4 nitrogen and oxygen atoms in total. The highest BCUT2D eigenvalue weighted by atomic mass is 127. The van der Waals surface area contributed by atoms with E-state index >= 15 is 0 Å². The van der Waals surface area contributed by atoms with E-state index in [4.69, 9.17) is 4.74 Å². The molecule has 2 N–H and O–H groups in total. The molecule has 0 spiro atoms. The molecule has 0 aromatic heterocycles. The van der Waals surface area contributed by atoms with Crippen LogP contribution in [-0.2, 0) is 6.42 Å². The van der Waals surface area contributed by atoms with E-state index in [1.807, 2.05) is 0 Å². The van der Waals surface area contributed by atoms with Crippen molar-refractivity contribution in [1.29, 1.82) is 0 Å². The second-order valence-corrected chi connectivity index (χ2v) is 5.01. The molecule has 0 amide bonds. The lowest BCUT2D eigenvalue weighted by atomic mass is 10.1. The fourth-order valence-electron chi connectivity index (χ4n) is 1.88. The SMILES string of the molecule is CCC(C)NC(=NC)NCCc1ccc(C)c(OC)c1.I. The zero-order chi connectivity index (χ0) is 15.0. The Balaban J connectivity index is 0.00000400. The van der Waals surface area contributed by atoms with Crippen LogP contribution in [0.2, 0.25) is 0 Å². The molecule has 120 valence electrons. The quantitative estimate of drug-likeness (QED) is 0.434. The standard InChI is InChI=1S/C16H27N3O.HI/c1-6-13(3)19-16(17-4)18-10-9-14-8-7-12(2)15(11-14)20-5;/h7-8,11,13H,6,9-10H2,1-5H3,(H2,17,18,19);1H. The summed E-state index contributed by atoms with van der Waals surface area (Å²) in [6.07, 6.45) is 2.02. The Labute approximate surface area is 145 Å². The van der Waals surface area contributed by atoms with Crippen LogP contribution in [0.1, 0.15) is 31.4 Å². The summed E-state index contributed by atoms with van der Waals surface area (Å²) in [5.41, 5.74) is 2.43. The predicted molar refractivity (Wildman–Crippen MR) is 101 cm³/mol. The van der Waals surface area contributed by atoms with Crippen LogP contribution >= 0.6 is 24.0 Å². The number of methoxy groups -OCH3 is 1. The molecule has 0 heterocycles. The van der Waals surface area contributed by atoms with Crippen LogP contribution in [0, 0.1) is 6.92 Å². The zero-order valence-electron chi connectivity index (χ0n) is 13.7. The molecule has 21 heavy (non-hydrogen) atoms. The molecule has 0 radical (unpaired) electrons. The van der Waals surface area contributed by atoms with Crippen LogP contribution < -0.4 is 15.4 Å². The van der Waals surface area contributed by atoms with E-state index in [1.54, 1.807) is 14.2 Å². The highest BCUT2D eigenvalue weighted by Crippen LogP contribution is 2.18. The Morgan fingerprint density at radius 3 is 2.67 bits per heavy atom. The molecule has 1 unspecified atom stereocenters. The van der Waals surface area contributed by atoms with Gasteiger partial charge in [0.2, 0.25) is 0 Å². The molecule has 1 rings (SSSR count). The lowest BCUT2D eigenvalue weighted by molar-refractivity contribution is 0.411. The Bertz CT molecular complexity index is 449. The fourth-order valence-corrected chi connectivity index (χ4v) is 1.88. The molecule has 5 heteroatoms. The third kappa shape index (κ3) is 7.02. The van der Waals surface area contributed by atoms with Crippen molar-refractivity contribution in [3.05, 3.63) is 29.3 Å². The number of halogens is 1. The second kappa shape index (κ2) is 10.7. The summed E-state index contributed by atoms with van der Waals surface area (Å²) in [6, 6.07) is 6.77. The Morgan fingerprint density at radius 1 is 1.38 bits per heavy atom. The summed E-state index contributed by atoms with van der Waals surface area (Å²) in [4.78, 5) is 4.22. The zero-order valence-corrected chi connectivity index (χ0v) is 16.0. The molecular formula is C16H28IN3O. The molecule has 0 bridgehead atoms. The van der Waals surface area contributed by atoms with Crippen molar-refractivity contribution in [2.75, 3.05) is 20.7 Å².